The molecule has 0 unspecified atom stereocenters. The average Bonchev–Trinajstić information content (AvgIpc) is 2.49. The number of halogens is 5. The summed E-state index contributed by atoms with van der Waals surface area (Å²) in [7, 11) is 0. The van der Waals surface area contributed by atoms with Gasteiger partial charge in [-0.05, 0) is 17.7 Å². The van der Waals surface area contributed by atoms with Gasteiger partial charge in [-0.3, -0.25) is 4.79 Å². The molecule has 0 aliphatic rings. The van der Waals surface area contributed by atoms with Gasteiger partial charge in [0.05, 0.1) is 19.7 Å². The van der Waals surface area contributed by atoms with Gasteiger partial charge in [-0.1, -0.05) is 85.4 Å². The average molecular weight is 455 g/mol. The fourth-order valence-corrected chi connectivity index (χ4v) is 3.37. The molecule has 0 bridgehead atoms. The third kappa shape index (κ3) is 3.86. The van der Waals surface area contributed by atoms with Crippen molar-refractivity contribution in [3.63, 3.8) is 0 Å². The molecule has 0 aliphatic heterocycles. The Kier molecular flexibility index (Phi) is 5.83. The summed E-state index contributed by atoms with van der Waals surface area (Å²) in [5.41, 5.74) is 1.03. The number of carbonyl (C=O) groups is 1. The lowest BCUT2D eigenvalue weighted by molar-refractivity contribution is 0.0990. The summed E-state index contributed by atoms with van der Waals surface area (Å²) >= 11 is 18.4. The van der Waals surface area contributed by atoms with E-state index in [4.69, 9.17) is 23.2 Å². The van der Waals surface area contributed by atoms with E-state index in [9.17, 15) is 9.18 Å². The lowest BCUT2D eigenvalue weighted by Crippen LogP contribution is -2.19. The molecule has 0 spiro atoms. The first-order valence-electron chi connectivity index (χ1n) is 5.93. The van der Waals surface area contributed by atoms with Crippen LogP contribution in [0, 0.1) is 5.82 Å². The normalized spacial score (nSPS) is 13.8. The lowest BCUT2D eigenvalue weighted by Gasteiger charge is -2.17. The molecule has 1 nitrogen and oxygen atoms in total. The van der Waals surface area contributed by atoms with Crippen molar-refractivity contribution >= 4 is 60.8 Å². The SMILES string of the molecule is O=C(c1cc(F)c(Cl)cc1Cl)[C@H](Br)[C@H](Br)c1ccccc1. The van der Waals surface area contributed by atoms with Crippen LogP contribution in [0.1, 0.15) is 20.7 Å². The van der Waals surface area contributed by atoms with Gasteiger partial charge >= 0.3 is 0 Å². The summed E-state index contributed by atoms with van der Waals surface area (Å²) in [6.07, 6.45) is 0. The van der Waals surface area contributed by atoms with Crippen LogP contribution in [0.4, 0.5) is 4.39 Å². The minimum Gasteiger partial charge on any atom is -0.293 e. The van der Waals surface area contributed by atoms with Gasteiger partial charge in [0.2, 0.25) is 0 Å². The topological polar surface area (TPSA) is 17.1 Å². The Balaban J connectivity index is 2.30. The van der Waals surface area contributed by atoms with Crippen LogP contribution in [-0.2, 0) is 0 Å². The molecule has 0 aliphatic carbocycles. The van der Waals surface area contributed by atoms with Crippen LogP contribution in [0.3, 0.4) is 0 Å². The molecule has 2 aromatic carbocycles. The van der Waals surface area contributed by atoms with Crippen molar-refractivity contribution in [1.82, 2.24) is 0 Å². The molecule has 2 atom stereocenters. The number of Topliss-reactive ketones (excluding diaryl/α,β-unsaturated/α-hetero) is 1. The largest absolute Gasteiger partial charge is 0.293 e. The standard InChI is InChI=1S/C15H9Br2Cl2FO/c16-13(8-4-2-1-3-5-8)14(17)15(21)9-6-12(20)11(19)7-10(9)18/h1-7,13-14H/t13-,14-/m1/s1. The Morgan fingerprint density at radius 3 is 2.29 bits per heavy atom. The second-order valence-electron chi connectivity index (χ2n) is 4.32. The van der Waals surface area contributed by atoms with E-state index in [0.717, 1.165) is 11.6 Å². The maximum atomic E-state index is 13.5. The van der Waals surface area contributed by atoms with E-state index in [2.05, 4.69) is 31.9 Å². The quantitative estimate of drug-likeness (QED) is 0.305. The summed E-state index contributed by atoms with van der Waals surface area (Å²) in [4.78, 5) is 11.6. The minimum atomic E-state index is -0.671. The second-order valence-corrected chi connectivity index (χ2v) is 7.11. The van der Waals surface area contributed by atoms with E-state index in [0.29, 0.717) is 0 Å². The van der Waals surface area contributed by atoms with Gasteiger partial charge < -0.3 is 0 Å². The van der Waals surface area contributed by atoms with E-state index in [1.54, 1.807) is 0 Å². The van der Waals surface area contributed by atoms with Crippen LogP contribution < -0.4 is 0 Å². The van der Waals surface area contributed by atoms with E-state index >= 15 is 0 Å². The first-order chi connectivity index (χ1) is 9.91. The summed E-state index contributed by atoms with van der Waals surface area (Å²) in [5, 5.41) is 0.0183. The zero-order chi connectivity index (χ0) is 15.6. The predicted molar refractivity (Wildman–Crippen MR) is 91.6 cm³/mol. The van der Waals surface area contributed by atoms with Crippen molar-refractivity contribution in [2.24, 2.45) is 0 Å². The van der Waals surface area contributed by atoms with Crippen molar-refractivity contribution in [2.45, 2.75) is 9.65 Å². The molecule has 2 rings (SSSR count). The number of hydrogen-bond acceptors (Lipinski definition) is 1. The Hall–Kier alpha value is -0.420. The van der Waals surface area contributed by atoms with Gasteiger partial charge in [0, 0.05) is 5.56 Å². The molecule has 0 fully saturated rings. The van der Waals surface area contributed by atoms with E-state index < -0.39 is 10.6 Å². The third-order valence-electron chi connectivity index (χ3n) is 2.90. The van der Waals surface area contributed by atoms with Gasteiger partial charge in [-0.15, -0.1) is 0 Å². The molecule has 0 saturated heterocycles. The van der Waals surface area contributed by atoms with Crippen LogP contribution in [0.2, 0.25) is 10.0 Å². The molecule has 0 amide bonds. The molecule has 0 heterocycles. The van der Waals surface area contributed by atoms with Crippen molar-refractivity contribution in [2.75, 3.05) is 0 Å². The summed E-state index contributed by atoms with van der Waals surface area (Å²) < 4.78 is 13.5. The Morgan fingerprint density at radius 2 is 1.67 bits per heavy atom. The molecule has 110 valence electrons. The number of benzene rings is 2. The number of alkyl halides is 2. The maximum absolute atomic E-state index is 13.5. The van der Waals surface area contributed by atoms with Gasteiger partial charge in [0.25, 0.3) is 0 Å². The zero-order valence-corrected chi connectivity index (χ0v) is 15.2. The number of rotatable bonds is 4. The molecule has 0 aromatic heterocycles. The highest BCUT2D eigenvalue weighted by Gasteiger charge is 2.28. The van der Waals surface area contributed by atoms with E-state index in [1.165, 1.54) is 6.07 Å². The molecule has 21 heavy (non-hydrogen) atoms. The fourth-order valence-electron chi connectivity index (χ4n) is 1.80. The highest BCUT2D eigenvalue weighted by atomic mass is 79.9. The van der Waals surface area contributed by atoms with Crippen LogP contribution >= 0.6 is 55.1 Å². The zero-order valence-electron chi connectivity index (χ0n) is 10.5. The summed E-state index contributed by atoms with van der Waals surface area (Å²) in [5.74, 6) is -0.990. The molecule has 0 saturated carbocycles. The minimum absolute atomic E-state index is 0.0980. The van der Waals surface area contributed by atoms with Crippen LogP contribution in [0.5, 0.6) is 0 Å². The van der Waals surface area contributed by atoms with Crippen LogP contribution in [0.25, 0.3) is 0 Å². The molecular weight excluding hydrogens is 446 g/mol. The number of ketones is 1. The molecular formula is C15H9Br2Cl2FO. The molecule has 2 aromatic rings. The van der Waals surface area contributed by atoms with Gasteiger partial charge in [0.15, 0.2) is 5.78 Å². The predicted octanol–water partition coefficient (Wildman–Crippen LogP) is 6.21. The van der Waals surface area contributed by atoms with Crippen LogP contribution in [-0.4, -0.2) is 10.6 Å². The highest BCUT2D eigenvalue weighted by Crippen LogP contribution is 2.35. The maximum Gasteiger partial charge on any atom is 0.179 e. The van der Waals surface area contributed by atoms with Crippen molar-refractivity contribution in [1.29, 1.82) is 0 Å². The van der Waals surface area contributed by atoms with E-state index in [-0.39, 0.29) is 26.2 Å². The van der Waals surface area contributed by atoms with Crippen molar-refractivity contribution < 1.29 is 9.18 Å². The van der Waals surface area contributed by atoms with Crippen LogP contribution in [0.15, 0.2) is 42.5 Å². The van der Waals surface area contributed by atoms with Gasteiger partial charge in [-0.25, -0.2) is 4.39 Å². The molecule has 6 heteroatoms. The highest BCUT2D eigenvalue weighted by molar-refractivity contribution is 9.12. The number of carbonyl (C=O) groups excluding carboxylic acids is 1. The van der Waals surface area contributed by atoms with Gasteiger partial charge in [0.1, 0.15) is 5.82 Å². The summed E-state index contributed by atoms with van der Waals surface area (Å²) in [6.45, 7) is 0. The number of hydrogen-bond donors (Lipinski definition) is 0. The Labute approximate surface area is 148 Å². The monoisotopic (exact) mass is 452 g/mol. The smallest absolute Gasteiger partial charge is 0.179 e. The Bertz CT molecular complexity index is 664. The second kappa shape index (κ2) is 7.23. The summed E-state index contributed by atoms with van der Waals surface area (Å²) in [6, 6.07) is 11.7. The first-order valence-corrected chi connectivity index (χ1v) is 8.52. The van der Waals surface area contributed by atoms with Gasteiger partial charge in [-0.2, -0.15) is 0 Å². The van der Waals surface area contributed by atoms with E-state index in [1.807, 2.05) is 30.3 Å². The lowest BCUT2D eigenvalue weighted by atomic mass is 10.0. The van der Waals surface area contributed by atoms with Crippen molar-refractivity contribution in [3.8, 4) is 0 Å². The van der Waals surface area contributed by atoms with Crippen molar-refractivity contribution in [3.05, 3.63) is 69.5 Å². The molecule has 0 radical (unpaired) electrons. The first kappa shape index (κ1) is 16.9. The molecule has 0 N–H and O–H groups in total. The third-order valence-corrected chi connectivity index (χ3v) is 6.21. The Morgan fingerprint density at radius 1 is 1.05 bits per heavy atom. The fraction of sp³-hybridized carbons (Fsp3) is 0.133.